The standard InChI is InChI=1S/C95H133BCl2N10O29.ClH/c1-14-15-16-17-18-19-20-21-30-107(96(9)127)31-28-101-95(8)47-74(130-51(4)85(95)119)135-84-82(118)81(117)72(49-109)134-92(84)136-83-70-41-54-42-71(83)133-69-27-24-56(44-62(69)98)131-90-89(123)103-77(91(124)125)59-46-65(111)60(48-100-29-33-128-35-36-129-34-32-108(11,12)13)80(116)75(59)58-38-52(22-25-64(58)110)57(87(121)105-90)45-67(113)76(54)102-86(120)55(43-73(99)114)40-66(112)78(79(115)53-23-26-68(132-70)61(97)39-53)104-88(122)63(37-50(2)3)106(10)93(126)137-94(5,6)7;/h22-27,38-39,41-42,44,46,50-51,55,57,63,72,74,76-79,81-82,84-85,90,92,100-101,109,115,117-119,127H,14-21,28-37,40,43,45,47-49H2,1-13H3,(H9-,99,102,103,104,105,110,111,114,116,120,121,122,123,124,125);1H/t51?,55-,57+,63+,72?,74?,76+,77-,78-,79+,81?,82?,84?,85?,90-,92?,95?;/m0./s1. The van der Waals surface area contributed by atoms with Crippen LogP contribution in [-0.2, 0) is 73.3 Å². The quantitative estimate of drug-likeness (QED) is 0.0150. The zero-order valence-corrected chi connectivity index (χ0v) is 82.3. The van der Waals surface area contributed by atoms with E-state index >= 15 is 28.8 Å². The molecule has 11 bridgehead atoms. The minimum atomic E-state index is -2.35. The number of aromatic hydroxyl groups is 3. The number of aliphatic hydroxyl groups excluding tert-OH is 5. The van der Waals surface area contributed by atoms with Crippen LogP contribution in [0.15, 0.2) is 72.8 Å². The van der Waals surface area contributed by atoms with Crippen molar-refractivity contribution in [3.05, 3.63) is 111 Å². The van der Waals surface area contributed by atoms with Gasteiger partial charge >= 0.3 is 19.1 Å². The van der Waals surface area contributed by atoms with E-state index in [2.05, 4.69) is 38.8 Å². The number of ether oxygens (including phenoxy) is 10. The SMILES string of the molecule is CCCCCCCCCCN(CCNC1(C)CC(OC2C(Oc3c4cc5cc3Oc3ccc(cc3Cl)[C@@H](O)[C@@H](NC(=O)[C@@H](CC(C)C)N(C)C(=O)OC(C)(C)C)C(=O)C[C@@H](CC(N)=O)C(=O)N[C@H]5C(=O)C[C@H]3C(=O)N[C@@H](Oc5ccc(c(Cl)c5)O4)C(=O)N[C@H](C(=O)O)c4cc(O)c(CNCCOCCOCC[N+](C)(C)C)c(O)c4-c4cc3ccc4O)OC(CO)C(O)C2O)OC(C)C1O)B(C)O.[Cl-]. The Morgan fingerprint density at radius 1 is 0.746 bits per heavy atom. The Labute approximate surface area is 819 Å². The van der Waals surface area contributed by atoms with Gasteiger partial charge in [-0.2, -0.15) is 0 Å². The molecule has 2 saturated heterocycles. The summed E-state index contributed by atoms with van der Waals surface area (Å²) >= 11 is 14.5. The number of nitrogens with zero attached hydrogens (tertiary/aromatic N) is 3. The highest BCUT2D eigenvalue weighted by atomic mass is 35.5. The molecule has 0 spiro atoms. The summed E-state index contributed by atoms with van der Waals surface area (Å²) in [4.78, 5) is 138. The van der Waals surface area contributed by atoms with Crippen LogP contribution in [0.4, 0.5) is 4.79 Å². The van der Waals surface area contributed by atoms with Crippen molar-refractivity contribution in [3.63, 3.8) is 0 Å². The number of amides is 6. The molecule has 5 aromatic carbocycles. The number of nitrogens with one attached hydrogen (secondary N) is 6. The number of hydrogen-bond donors (Lipinski definition) is 17. The smallest absolute Gasteiger partial charge is 0.410 e. The zero-order chi connectivity index (χ0) is 100. The zero-order valence-electron chi connectivity index (χ0n) is 80.1. The second kappa shape index (κ2) is 50.2. The van der Waals surface area contributed by atoms with Crippen molar-refractivity contribution in [2.24, 2.45) is 17.6 Å². The Kier molecular flexibility index (Phi) is 40.8. The summed E-state index contributed by atoms with van der Waals surface area (Å²) in [5, 5.41) is 135. The number of likely N-dealkylation sites (N-methyl/N-ethyl adjacent to an activating group) is 2. The highest BCUT2D eigenvalue weighted by Gasteiger charge is 2.53. The second-order valence-electron chi connectivity index (χ2n) is 38.2. The van der Waals surface area contributed by atoms with Crippen LogP contribution < -0.4 is 69.0 Å². The summed E-state index contributed by atoms with van der Waals surface area (Å²) in [5.74, 6) is -19.9. The summed E-state index contributed by atoms with van der Waals surface area (Å²) in [6.45, 7) is 17.2. The van der Waals surface area contributed by atoms with Gasteiger partial charge in [0, 0.05) is 87.2 Å². The van der Waals surface area contributed by atoms with Gasteiger partial charge in [-0.15, -0.1) is 0 Å². The van der Waals surface area contributed by atoms with E-state index in [0.717, 1.165) is 92.4 Å². The molecule has 39 nitrogen and oxygen atoms in total. The van der Waals surface area contributed by atoms with Crippen LogP contribution in [0.2, 0.25) is 16.9 Å². The maximum Gasteiger partial charge on any atom is 0.410 e. The van der Waals surface area contributed by atoms with Crippen molar-refractivity contribution in [1.82, 2.24) is 41.6 Å². The average molecular weight is 2000 g/mol. The third kappa shape index (κ3) is 29.8. The number of carboxylic acids is 1. The number of primary amides is 1. The first-order chi connectivity index (χ1) is 64.7. The predicted octanol–water partition coefficient (Wildman–Crippen LogP) is 4.05. The third-order valence-corrected chi connectivity index (χ3v) is 25.2. The Bertz CT molecular complexity index is 5050. The normalized spacial score (nSPS) is 24.4. The van der Waals surface area contributed by atoms with Gasteiger partial charge in [0.05, 0.1) is 93.8 Å². The number of quaternary nitrogens is 1. The number of carbonyl (C=O) groups is 9. The number of aliphatic hydroxyl groups is 5. The number of carboxylic acid groups (broad SMARTS) is 1. The Hall–Kier alpha value is -9.54. The lowest BCUT2D eigenvalue weighted by molar-refractivity contribution is -0.870. The number of ketones is 2. The van der Waals surface area contributed by atoms with E-state index in [1.165, 1.54) is 50.2 Å². The summed E-state index contributed by atoms with van der Waals surface area (Å²) < 4.78 is 64.0. The lowest BCUT2D eigenvalue weighted by Crippen LogP contribution is -3.00. The molecule has 0 saturated carbocycles. The highest BCUT2D eigenvalue weighted by Crippen LogP contribution is 2.51. The number of hydrogen-bond acceptors (Lipinski definition) is 31. The van der Waals surface area contributed by atoms with E-state index in [9.17, 15) is 65.4 Å². The summed E-state index contributed by atoms with van der Waals surface area (Å²) in [7, 11) is 6.54. The summed E-state index contributed by atoms with van der Waals surface area (Å²) in [6, 6.07) is 5.42. The molecule has 9 unspecified atom stereocenters. The number of phenolic OH excluding ortho intramolecular Hbond substituents is 3. The number of phenols is 3. The van der Waals surface area contributed by atoms with Crippen molar-refractivity contribution in [2.75, 3.05) is 93.9 Å². The van der Waals surface area contributed by atoms with Crippen LogP contribution in [0, 0.1) is 11.8 Å². The molecule has 43 heteroatoms. The summed E-state index contributed by atoms with van der Waals surface area (Å²) in [5.41, 5.74) is 1.01. The lowest BCUT2D eigenvalue weighted by Gasteiger charge is -2.48. The van der Waals surface area contributed by atoms with Gasteiger partial charge in [-0.1, -0.05) is 101 Å². The van der Waals surface area contributed by atoms with Gasteiger partial charge in [0.1, 0.15) is 89.2 Å². The van der Waals surface area contributed by atoms with Gasteiger partial charge < -0.3 is 158 Å². The molecule has 2 fully saturated rings. The lowest BCUT2D eigenvalue weighted by atomic mass is 9.83. The number of aliphatic carboxylic acids is 1. The van der Waals surface area contributed by atoms with Crippen LogP contribution in [0.5, 0.6) is 51.7 Å². The third-order valence-electron chi connectivity index (χ3n) is 24.6. The van der Waals surface area contributed by atoms with Crippen LogP contribution in [-0.4, -0.2) is 298 Å². The average Bonchev–Trinajstić information content (AvgIpc) is 0.755. The minimum Gasteiger partial charge on any atom is -1.00 e. The molecule has 7 heterocycles. The van der Waals surface area contributed by atoms with Crippen molar-refractivity contribution in [2.45, 2.75) is 255 Å². The number of nitrogens with two attached hydrogens (primary N) is 1. The van der Waals surface area contributed by atoms with E-state index in [0.29, 0.717) is 24.2 Å². The monoisotopic (exact) mass is 1990 g/mol. The molecule has 17 atom stereocenters. The fourth-order valence-electron chi connectivity index (χ4n) is 17.0. The molecule has 7 aliphatic rings. The van der Waals surface area contributed by atoms with Crippen molar-refractivity contribution < 1.29 is 158 Å². The Balaban J connectivity index is 0.0000213. The van der Waals surface area contributed by atoms with E-state index in [4.69, 9.17) is 76.3 Å². The van der Waals surface area contributed by atoms with Crippen LogP contribution in [0.1, 0.15) is 191 Å². The fourth-order valence-corrected chi connectivity index (χ4v) is 17.4. The van der Waals surface area contributed by atoms with E-state index in [1.54, 1.807) is 55.3 Å². The van der Waals surface area contributed by atoms with Crippen LogP contribution in [0.3, 0.4) is 0 Å². The maximum atomic E-state index is 16.7. The van der Waals surface area contributed by atoms with E-state index in [-0.39, 0.29) is 110 Å². The van der Waals surface area contributed by atoms with E-state index in [1.807, 2.05) is 26.0 Å². The number of halogens is 3. The van der Waals surface area contributed by atoms with Crippen molar-refractivity contribution in [3.8, 4) is 62.9 Å². The second-order valence-corrected chi connectivity index (χ2v) is 39.0. The molecular weight excluding hydrogens is 1860 g/mol. The molecule has 5 aromatic rings. The molecule has 0 aliphatic carbocycles. The van der Waals surface area contributed by atoms with E-state index < -0.39 is 257 Å². The number of fused-ring (bicyclic) bond motifs is 15. The number of Topliss-reactive ketones (excluding diaryl/α,β-unsaturated/α-hetero) is 2. The van der Waals surface area contributed by atoms with Gasteiger partial charge in [-0.05, 0) is 138 Å². The fraction of sp³-hybridized carbons (Fsp3) is 0.589. The molecule has 762 valence electrons. The van der Waals surface area contributed by atoms with Gasteiger partial charge in [-0.25, -0.2) is 9.59 Å². The molecule has 7 aliphatic heterocycles. The topological polar surface area (TPSA) is 553 Å². The molecule has 0 aromatic heterocycles. The Morgan fingerprint density at radius 2 is 1.39 bits per heavy atom. The van der Waals surface area contributed by atoms with Crippen LogP contribution in [0.25, 0.3) is 11.1 Å². The van der Waals surface area contributed by atoms with Gasteiger partial charge in [0.2, 0.25) is 35.7 Å². The number of benzene rings is 5. The number of rotatable bonds is 38. The highest BCUT2D eigenvalue weighted by molar-refractivity contribution is 6.45. The maximum absolute atomic E-state index is 16.7. The molecule has 6 amide bonds. The van der Waals surface area contributed by atoms with Crippen molar-refractivity contribution >= 4 is 83.4 Å². The number of unbranched alkanes of at least 4 members (excludes halogenated alkanes) is 7. The first-order valence-corrected chi connectivity index (χ1v) is 47.2. The van der Waals surface area contributed by atoms with Crippen LogP contribution >= 0.6 is 23.2 Å². The van der Waals surface area contributed by atoms with Gasteiger partial charge in [0.25, 0.3) is 12.1 Å². The number of carbonyl (C=O) groups excluding carboxylic acids is 8. The largest absolute Gasteiger partial charge is 1.00 e. The van der Waals surface area contributed by atoms with Gasteiger partial charge in [-0.3, -0.25) is 38.5 Å². The minimum absolute atomic E-state index is 0. The molecule has 138 heavy (non-hydrogen) atoms. The molecule has 12 rings (SSSR count). The molecular formula is C95H134BCl3N10O29. The summed E-state index contributed by atoms with van der Waals surface area (Å²) in [6.07, 6.45) is -13.6. The first-order valence-electron chi connectivity index (χ1n) is 46.4. The Morgan fingerprint density at radius 3 is 2.01 bits per heavy atom. The van der Waals surface area contributed by atoms with Gasteiger partial charge in [0.15, 0.2) is 41.5 Å². The predicted molar refractivity (Wildman–Crippen MR) is 501 cm³/mol. The molecule has 18 N–H and O–H groups in total. The van der Waals surface area contributed by atoms with Crippen molar-refractivity contribution in [1.29, 1.82) is 0 Å². The first kappa shape index (κ1) is 112. The molecule has 0 radical (unpaired) electrons.